The fourth-order valence-corrected chi connectivity index (χ4v) is 2.43. The predicted octanol–water partition coefficient (Wildman–Crippen LogP) is 1.21. The van der Waals surface area contributed by atoms with Gasteiger partial charge in [-0.15, -0.1) is 0 Å². The Morgan fingerprint density at radius 1 is 1.38 bits per heavy atom. The van der Waals surface area contributed by atoms with Crippen LogP contribution >= 0.6 is 0 Å². The molecular formula is C10H21NO4S. The zero-order valence-corrected chi connectivity index (χ0v) is 10.7. The average molecular weight is 251 g/mol. The topological polar surface area (TPSA) is 83.5 Å². The van der Waals surface area contributed by atoms with Gasteiger partial charge in [0, 0.05) is 6.54 Å². The fourth-order valence-electron chi connectivity index (χ4n) is 1.17. The zero-order chi connectivity index (χ0) is 12.6. The van der Waals surface area contributed by atoms with Crippen molar-refractivity contribution in [2.45, 2.75) is 39.5 Å². The van der Waals surface area contributed by atoms with Crippen molar-refractivity contribution < 1.29 is 18.3 Å². The molecule has 0 radical (unpaired) electrons. The van der Waals surface area contributed by atoms with E-state index in [9.17, 15) is 13.2 Å². The van der Waals surface area contributed by atoms with Gasteiger partial charge in [0.15, 0.2) is 0 Å². The zero-order valence-electron chi connectivity index (χ0n) is 9.90. The van der Waals surface area contributed by atoms with E-state index >= 15 is 0 Å². The highest BCUT2D eigenvalue weighted by molar-refractivity contribution is 7.89. The van der Waals surface area contributed by atoms with E-state index in [1.54, 1.807) is 6.92 Å². The molecule has 0 aromatic heterocycles. The van der Waals surface area contributed by atoms with Crippen LogP contribution in [0.4, 0.5) is 0 Å². The molecule has 16 heavy (non-hydrogen) atoms. The summed E-state index contributed by atoms with van der Waals surface area (Å²) in [6.07, 6.45) is 2.54. The van der Waals surface area contributed by atoms with Crippen molar-refractivity contribution in [3.8, 4) is 0 Å². The van der Waals surface area contributed by atoms with Gasteiger partial charge in [-0.2, -0.15) is 0 Å². The fraction of sp³-hybridized carbons (Fsp3) is 0.900. The number of aliphatic carboxylic acids is 1. The summed E-state index contributed by atoms with van der Waals surface area (Å²) >= 11 is 0. The number of rotatable bonds is 9. The minimum Gasteiger partial charge on any atom is -0.481 e. The van der Waals surface area contributed by atoms with E-state index in [0.29, 0.717) is 25.8 Å². The van der Waals surface area contributed by atoms with Crippen molar-refractivity contribution in [1.82, 2.24) is 4.72 Å². The maximum atomic E-state index is 11.3. The highest BCUT2D eigenvalue weighted by Gasteiger charge is 2.12. The molecule has 6 heteroatoms. The van der Waals surface area contributed by atoms with Crippen molar-refractivity contribution in [2.24, 2.45) is 5.92 Å². The van der Waals surface area contributed by atoms with E-state index in [0.717, 1.165) is 6.42 Å². The van der Waals surface area contributed by atoms with Gasteiger partial charge in [0.1, 0.15) is 0 Å². The minimum absolute atomic E-state index is 0.151. The summed E-state index contributed by atoms with van der Waals surface area (Å²) in [6.45, 7) is 3.88. The van der Waals surface area contributed by atoms with Gasteiger partial charge in [-0.3, -0.25) is 4.79 Å². The van der Waals surface area contributed by atoms with Crippen LogP contribution in [0.1, 0.15) is 39.5 Å². The smallest absolute Gasteiger partial charge is 0.306 e. The van der Waals surface area contributed by atoms with E-state index < -0.39 is 21.9 Å². The van der Waals surface area contributed by atoms with Gasteiger partial charge in [-0.05, 0) is 19.3 Å². The Labute approximate surface area is 97.3 Å². The molecular weight excluding hydrogens is 230 g/mol. The molecule has 0 aromatic rings. The van der Waals surface area contributed by atoms with Crippen LogP contribution < -0.4 is 4.72 Å². The summed E-state index contributed by atoms with van der Waals surface area (Å²) in [5, 5.41) is 8.62. The minimum atomic E-state index is -3.16. The molecule has 0 aliphatic rings. The number of hydrogen-bond donors (Lipinski definition) is 2. The van der Waals surface area contributed by atoms with Gasteiger partial charge in [-0.1, -0.05) is 20.3 Å². The molecule has 5 nitrogen and oxygen atoms in total. The summed E-state index contributed by atoms with van der Waals surface area (Å²) in [7, 11) is -3.16. The number of nitrogens with one attached hydrogen (secondary N) is 1. The Morgan fingerprint density at radius 3 is 2.50 bits per heavy atom. The average Bonchev–Trinajstić information content (AvgIpc) is 2.21. The third-order valence-corrected chi connectivity index (χ3v) is 3.79. The highest BCUT2D eigenvalue weighted by atomic mass is 32.2. The molecule has 0 fully saturated rings. The first-order chi connectivity index (χ1) is 7.39. The quantitative estimate of drug-likeness (QED) is 0.603. The maximum absolute atomic E-state index is 11.3. The van der Waals surface area contributed by atoms with E-state index in [1.165, 1.54) is 0 Å². The second kappa shape index (κ2) is 7.62. The number of carbonyl (C=O) groups is 1. The molecule has 96 valence electrons. The van der Waals surface area contributed by atoms with Crippen LogP contribution in [0.3, 0.4) is 0 Å². The van der Waals surface area contributed by atoms with Gasteiger partial charge in [0.2, 0.25) is 10.0 Å². The molecule has 0 saturated carbocycles. The molecule has 0 aliphatic heterocycles. The van der Waals surface area contributed by atoms with Crippen LogP contribution in [0.5, 0.6) is 0 Å². The second-order valence-electron chi connectivity index (χ2n) is 3.95. The molecule has 0 rings (SSSR count). The van der Waals surface area contributed by atoms with Crippen LogP contribution in [0.15, 0.2) is 0 Å². The molecule has 0 bridgehead atoms. The predicted molar refractivity (Wildman–Crippen MR) is 62.7 cm³/mol. The first kappa shape index (κ1) is 15.4. The number of carboxylic acid groups (broad SMARTS) is 1. The lowest BCUT2D eigenvalue weighted by molar-refractivity contribution is -0.141. The highest BCUT2D eigenvalue weighted by Crippen LogP contribution is 2.04. The van der Waals surface area contributed by atoms with E-state index in [1.807, 2.05) is 6.92 Å². The molecule has 1 atom stereocenters. The molecule has 0 aromatic carbocycles. The Kier molecular flexibility index (Phi) is 7.33. The maximum Gasteiger partial charge on any atom is 0.306 e. The van der Waals surface area contributed by atoms with E-state index in [4.69, 9.17) is 5.11 Å². The summed E-state index contributed by atoms with van der Waals surface area (Å²) in [6, 6.07) is 0. The standard InChI is InChI=1S/C10H21NO4S/c1-3-4-8-16(14,15)11-7-5-6-9(2)10(12)13/h9,11H,3-8H2,1-2H3,(H,12,13). The Morgan fingerprint density at radius 2 is 2.00 bits per heavy atom. The summed E-state index contributed by atoms with van der Waals surface area (Å²) in [5.41, 5.74) is 0. The molecule has 0 spiro atoms. The summed E-state index contributed by atoms with van der Waals surface area (Å²) in [5.74, 6) is -1.10. The largest absolute Gasteiger partial charge is 0.481 e. The van der Waals surface area contributed by atoms with Gasteiger partial charge in [-0.25, -0.2) is 13.1 Å². The van der Waals surface area contributed by atoms with Crippen LogP contribution in [0.25, 0.3) is 0 Å². The Hall–Kier alpha value is -0.620. The second-order valence-corrected chi connectivity index (χ2v) is 5.87. The molecule has 0 amide bonds. The summed E-state index contributed by atoms with van der Waals surface area (Å²) < 4.78 is 25.1. The van der Waals surface area contributed by atoms with Gasteiger partial charge >= 0.3 is 5.97 Å². The van der Waals surface area contributed by atoms with Crippen molar-refractivity contribution in [3.05, 3.63) is 0 Å². The van der Waals surface area contributed by atoms with Crippen LogP contribution in [-0.4, -0.2) is 31.8 Å². The third kappa shape index (κ3) is 7.64. The van der Waals surface area contributed by atoms with Crippen LogP contribution in [-0.2, 0) is 14.8 Å². The van der Waals surface area contributed by atoms with Crippen LogP contribution in [0, 0.1) is 5.92 Å². The monoisotopic (exact) mass is 251 g/mol. The number of carboxylic acids is 1. The number of hydrogen-bond acceptors (Lipinski definition) is 3. The third-order valence-electron chi connectivity index (χ3n) is 2.32. The SMILES string of the molecule is CCCCS(=O)(=O)NCCCC(C)C(=O)O. The molecule has 0 heterocycles. The molecule has 0 saturated heterocycles. The van der Waals surface area contributed by atoms with Gasteiger partial charge in [0.25, 0.3) is 0 Å². The first-order valence-corrected chi connectivity index (χ1v) is 7.24. The van der Waals surface area contributed by atoms with Crippen molar-refractivity contribution in [1.29, 1.82) is 0 Å². The van der Waals surface area contributed by atoms with Crippen molar-refractivity contribution in [3.63, 3.8) is 0 Å². The van der Waals surface area contributed by atoms with Gasteiger partial charge in [0.05, 0.1) is 11.7 Å². The molecule has 2 N–H and O–H groups in total. The lowest BCUT2D eigenvalue weighted by Gasteiger charge is -2.07. The lowest BCUT2D eigenvalue weighted by atomic mass is 10.1. The van der Waals surface area contributed by atoms with Crippen LogP contribution in [0.2, 0.25) is 0 Å². The molecule has 0 aliphatic carbocycles. The Balaban J connectivity index is 3.69. The van der Waals surface area contributed by atoms with Crippen molar-refractivity contribution in [2.75, 3.05) is 12.3 Å². The normalized spacial score (nSPS) is 13.6. The Bertz CT molecular complexity index is 300. The first-order valence-electron chi connectivity index (χ1n) is 5.59. The summed E-state index contributed by atoms with van der Waals surface area (Å²) in [4.78, 5) is 10.5. The van der Waals surface area contributed by atoms with E-state index in [2.05, 4.69) is 4.72 Å². The number of unbranched alkanes of at least 4 members (excludes halogenated alkanes) is 1. The lowest BCUT2D eigenvalue weighted by Crippen LogP contribution is -2.27. The van der Waals surface area contributed by atoms with E-state index in [-0.39, 0.29) is 5.75 Å². The van der Waals surface area contributed by atoms with Gasteiger partial charge < -0.3 is 5.11 Å². The number of sulfonamides is 1. The molecule has 1 unspecified atom stereocenters. The van der Waals surface area contributed by atoms with Crippen molar-refractivity contribution >= 4 is 16.0 Å².